The molecule has 0 aromatic heterocycles. The first-order valence-electron chi connectivity index (χ1n) is 6.54. The number of ether oxygens (including phenoxy) is 1. The van der Waals surface area contributed by atoms with E-state index in [2.05, 4.69) is 19.2 Å². The molecular formula is C15H23NO2. The van der Waals surface area contributed by atoms with Gasteiger partial charge in [-0.2, -0.15) is 0 Å². The van der Waals surface area contributed by atoms with Gasteiger partial charge in [0.1, 0.15) is 5.75 Å². The quantitative estimate of drug-likeness (QED) is 0.755. The lowest BCUT2D eigenvalue weighted by Gasteiger charge is -2.08. The van der Waals surface area contributed by atoms with Crippen LogP contribution in [0.4, 0.5) is 0 Å². The summed E-state index contributed by atoms with van der Waals surface area (Å²) in [7, 11) is 0. The minimum atomic E-state index is -0.0553. The van der Waals surface area contributed by atoms with Gasteiger partial charge in [0.15, 0.2) is 6.61 Å². The maximum absolute atomic E-state index is 11.5. The van der Waals surface area contributed by atoms with Crippen molar-refractivity contribution in [2.45, 2.75) is 33.6 Å². The first-order valence-corrected chi connectivity index (χ1v) is 6.54. The maximum Gasteiger partial charge on any atom is 0.257 e. The lowest BCUT2D eigenvalue weighted by Crippen LogP contribution is -2.29. The monoisotopic (exact) mass is 249 g/mol. The summed E-state index contributed by atoms with van der Waals surface area (Å²) in [6.07, 6.45) is 2.16. The smallest absolute Gasteiger partial charge is 0.257 e. The van der Waals surface area contributed by atoms with Crippen LogP contribution in [0.2, 0.25) is 0 Å². The van der Waals surface area contributed by atoms with Crippen LogP contribution in [-0.2, 0) is 4.79 Å². The molecule has 0 unspecified atom stereocenters. The fourth-order valence-corrected chi connectivity index (χ4v) is 1.64. The Morgan fingerprint density at radius 1 is 1.39 bits per heavy atom. The van der Waals surface area contributed by atoms with Gasteiger partial charge in [-0.3, -0.25) is 4.79 Å². The van der Waals surface area contributed by atoms with Gasteiger partial charge >= 0.3 is 0 Å². The van der Waals surface area contributed by atoms with Gasteiger partial charge in [-0.05, 0) is 43.4 Å². The Labute approximate surface area is 110 Å². The van der Waals surface area contributed by atoms with Gasteiger partial charge in [0, 0.05) is 6.54 Å². The highest BCUT2D eigenvalue weighted by Gasteiger charge is 2.02. The summed E-state index contributed by atoms with van der Waals surface area (Å²) >= 11 is 0. The number of nitrogens with one attached hydrogen (secondary N) is 1. The van der Waals surface area contributed by atoms with Crippen LogP contribution in [0.5, 0.6) is 5.75 Å². The van der Waals surface area contributed by atoms with E-state index < -0.39 is 0 Å². The molecule has 0 aliphatic heterocycles. The molecule has 0 spiro atoms. The van der Waals surface area contributed by atoms with E-state index in [1.165, 1.54) is 0 Å². The summed E-state index contributed by atoms with van der Waals surface area (Å²) in [5.41, 5.74) is 1.13. The van der Waals surface area contributed by atoms with Crippen molar-refractivity contribution in [1.82, 2.24) is 5.32 Å². The number of hydrogen-bond acceptors (Lipinski definition) is 2. The molecule has 0 saturated carbocycles. The van der Waals surface area contributed by atoms with E-state index in [1.807, 2.05) is 31.2 Å². The lowest BCUT2D eigenvalue weighted by molar-refractivity contribution is -0.123. The van der Waals surface area contributed by atoms with Gasteiger partial charge in [0.2, 0.25) is 0 Å². The highest BCUT2D eigenvalue weighted by Crippen LogP contribution is 2.11. The van der Waals surface area contributed by atoms with Crippen molar-refractivity contribution < 1.29 is 9.53 Å². The van der Waals surface area contributed by atoms with Gasteiger partial charge in [-0.1, -0.05) is 26.0 Å². The number of rotatable bonds is 7. The number of amides is 1. The largest absolute Gasteiger partial charge is 0.484 e. The second-order valence-corrected chi connectivity index (χ2v) is 4.99. The molecule has 0 atom stereocenters. The lowest BCUT2D eigenvalue weighted by atomic mass is 10.1. The molecule has 3 heteroatoms. The van der Waals surface area contributed by atoms with E-state index in [-0.39, 0.29) is 12.5 Å². The minimum absolute atomic E-state index is 0.0553. The Kier molecular flexibility index (Phi) is 6.26. The van der Waals surface area contributed by atoms with E-state index in [4.69, 9.17) is 4.74 Å². The fourth-order valence-electron chi connectivity index (χ4n) is 1.64. The Morgan fingerprint density at radius 3 is 2.83 bits per heavy atom. The van der Waals surface area contributed by atoms with Crippen LogP contribution in [0.15, 0.2) is 24.3 Å². The molecule has 0 aliphatic rings. The molecule has 18 heavy (non-hydrogen) atoms. The predicted molar refractivity (Wildman–Crippen MR) is 73.8 cm³/mol. The summed E-state index contributed by atoms with van der Waals surface area (Å²) in [6, 6.07) is 7.70. The van der Waals surface area contributed by atoms with Crippen LogP contribution in [0.1, 0.15) is 32.3 Å². The number of hydrogen-bond donors (Lipinski definition) is 1. The van der Waals surface area contributed by atoms with E-state index in [0.29, 0.717) is 5.92 Å². The summed E-state index contributed by atoms with van der Waals surface area (Å²) < 4.78 is 5.41. The fraction of sp³-hybridized carbons (Fsp3) is 0.533. The zero-order valence-corrected chi connectivity index (χ0v) is 11.5. The molecule has 1 aromatic carbocycles. The number of benzene rings is 1. The molecule has 1 rings (SSSR count). The third-order valence-corrected chi connectivity index (χ3v) is 2.64. The highest BCUT2D eigenvalue weighted by atomic mass is 16.5. The van der Waals surface area contributed by atoms with Crippen LogP contribution < -0.4 is 10.1 Å². The Hall–Kier alpha value is -1.51. The second kappa shape index (κ2) is 7.75. The SMILES string of the molecule is Cc1cccc(OCC(=O)NCCCC(C)C)c1. The molecule has 0 bridgehead atoms. The van der Waals surface area contributed by atoms with E-state index in [0.717, 1.165) is 30.7 Å². The molecule has 0 radical (unpaired) electrons. The second-order valence-electron chi connectivity index (χ2n) is 4.99. The average Bonchev–Trinajstić information content (AvgIpc) is 2.32. The van der Waals surface area contributed by atoms with Gasteiger partial charge in [0.05, 0.1) is 0 Å². The van der Waals surface area contributed by atoms with Crippen LogP contribution in [0, 0.1) is 12.8 Å². The Balaban J connectivity index is 2.17. The predicted octanol–water partition coefficient (Wildman–Crippen LogP) is 2.93. The van der Waals surface area contributed by atoms with E-state index >= 15 is 0 Å². The maximum atomic E-state index is 11.5. The zero-order chi connectivity index (χ0) is 13.4. The summed E-state index contributed by atoms with van der Waals surface area (Å²) in [4.78, 5) is 11.5. The van der Waals surface area contributed by atoms with Crippen LogP contribution in [-0.4, -0.2) is 19.1 Å². The summed E-state index contributed by atoms with van der Waals surface area (Å²) in [6.45, 7) is 7.18. The van der Waals surface area contributed by atoms with Gasteiger partial charge in [-0.25, -0.2) is 0 Å². The molecule has 3 nitrogen and oxygen atoms in total. The summed E-state index contributed by atoms with van der Waals surface area (Å²) in [5.74, 6) is 1.37. The standard InChI is InChI=1S/C15H23NO2/c1-12(2)6-5-9-16-15(17)11-18-14-8-4-7-13(3)10-14/h4,7-8,10,12H,5-6,9,11H2,1-3H3,(H,16,17). The molecule has 1 N–H and O–H groups in total. The topological polar surface area (TPSA) is 38.3 Å². The van der Waals surface area contributed by atoms with Crippen LogP contribution in [0.3, 0.4) is 0 Å². The first kappa shape index (κ1) is 14.6. The zero-order valence-electron chi connectivity index (χ0n) is 11.5. The van der Waals surface area contributed by atoms with E-state index in [9.17, 15) is 4.79 Å². The minimum Gasteiger partial charge on any atom is -0.484 e. The Morgan fingerprint density at radius 2 is 2.17 bits per heavy atom. The Bertz CT molecular complexity index is 375. The van der Waals surface area contributed by atoms with Crippen molar-refractivity contribution >= 4 is 5.91 Å². The van der Waals surface area contributed by atoms with Crippen molar-refractivity contribution in [2.24, 2.45) is 5.92 Å². The molecule has 0 saturated heterocycles. The van der Waals surface area contributed by atoms with Gasteiger partial charge < -0.3 is 10.1 Å². The molecule has 1 aromatic rings. The molecule has 0 heterocycles. The third-order valence-electron chi connectivity index (χ3n) is 2.64. The van der Waals surface area contributed by atoms with Crippen molar-refractivity contribution in [3.8, 4) is 5.75 Å². The third kappa shape index (κ3) is 6.28. The van der Waals surface area contributed by atoms with Crippen LogP contribution in [0.25, 0.3) is 0 Å². The number of carbonyl (C=O) groups excluding carboxylic acids is 1. The van der Waals surface area contributed by atoms with Crippen LogP contribution >= 0.6 is 0 Å². The average molecular weight is 249 g/mol. The van der Waals surface area contributed by atoms with Crippen molar-refractivity contribution in [3.05, 3.63) is 29.8 Å². The number of aryl methyl sites for hydroxylation is 1. The first-order chi connectivity index (χ1) is 8.58. The normalized spacial score (nSPS) is 10.4. The molecule has 100 valence electrons. The van der Waals surface area contributed by atoms with Crippen molar-refractivity contribution in [1.29, 1.82) is 0 Å². The summed E-state index contributed by atoms with van der Waals surface area (Å²) in [5, 5.41) is 2.86. The highest BCUT2D eigenvalue weighted by molar-refractivity contribution is 5.77. The molecule has 0 fully saturated rings. The van der Waals surface area contributed by atoms with Crippen molar-refractivity contribution in [2.75, 3.05) is 13.2 Å². The molecular weight excluding hydrogens is 226 g/mol. The van der Waals surface area contributed by atoms with Gasteiger partial charge in [-0.15, -0.1) is 0 Å². The molecule has 0 aliphatic carbocycles. The van der Waals surface area contributed by atoms with E-state index in [1.54, 1.807) is 0 Å². The molecule has 1 amide bonds. The number of carbonyl (C=O) groups is 1. The van der Waals surface area contributed by atoms with Crippen molar-refractivity contribution in [3.63, 3.8) is 0 Å². The van der Waals surface area contributed by atoms with Gasteiger partial charge in [0.25, 0.3) is 5.91 Å².